The summed E-state index contributed by atoms with van der Waals surface area (Å²) >= 11 is 0. The van der Waals surface area contributed by atoms with Gasteiger partial charge < -0.3 is 19.9 Å². The summed E-state index contributed by atoms with van der Waals surface area (Å²) in [6, 6.07) is 1.93. The Hall–Kier alpha value is -3.34. The Labute approximate surface area is 168 Å². The van der Waals surface area contributed by atoms with Crippen molar-refractivity contribution < 1.29 is 27.9 Å². The lowest BCUT2D eigenvalue weighted by atomic mass is 10.0. The lowest BCUT2D eigenvalue weighted by Crippen LogP contribution is -2.37. The number of aliphatic hydroxyl groups is 1. The van der Waals surface area contributed by atoms with E-state index in [0.29, 0.717) is 18.5 Å². The quantitative estimate of drug-likeness (QED) is 0.556. The number of amides is 2. The van der Waals surface area contributed by atoms with E-state index >= 15 is 0 Å². The molecule has 2 aromatic heterocycles. The van der Waals surface area contributed by atoms with E-state index in [4.69, 9.17) is 5.11 Å². The fourth-order valence-corrected chi connectivity index (χ4v) is 3.54. The van der Waals surface area contributed by atoms with E-state index in [0.717, 1.165) is 17.8 Å². The Kier molecular flexibility index (Phi) is 4.98. The van der Waals surface area contributed by atoms with Crippen molar-refractivity contribution in [3.05, 3.63) is 52.2 Å². The average molecular weight is 421 g/mol. The molecular formula is C19H18F3N5O3. The van der Waals surface area contributed by atoms with Crippen LogP contribution in [0.5, 0.6) is 0 Å². The molecule has 0 spiro atoms. The van der Waals surface area contributed by atoms with Gasteiger partial charge in [0, 0.05) is 49.3 Å². The van der Waals surface area contributed by atoms with Crippen molar-refractivity contribution in [1.82, 2.24) is 25.0 Å². The normalized spacial score (nSPS) is 13.6. The summed E-state index contributed by atoms with van der Waals surface area (Å²) in [7, 11) is 1.53. The van der Waals surface area contributed by atoms with Crippen LogP contribution in [-0.4, -0.2) is 68.6 Å². The van der Waals surface area contributed by atoms with E-state index in [1.807, 2.05) is 0 Å². The molecule has 30 heavy (non-hydrogen) atoms. The number of nitrogens with zero attached hydrogens (tertiary/aromatic N) is 3. The zero-order chi connectivity index (χ0) is 21.6. The van der Waals surface area contributed by atoms with Crippen LogP contribution < -0.4 is 0 Å². The lowest BCUT2D eigenvalue weighted by molar-refractivity contribution is 0.0714. The van der Waals surface area contributed by atoms with Gasteiger partial charge in [-0.1, -0.05) is 0 Å². The Balaban J connectivity index is 1.61. The second kappa shape index (κ2) is 7.48. The van der Waals surface area contributed by atoms with E-state index in [2.05, 4.69) is 15.2 Å². The summed E-state index contributed by atoms with van der Waals surface area (Å²) in [5.74, 6) is -5.21. The number of fused-ring (bicyclic) bond motifs is 2. The smallest absolute Gasteiger partial charge is 0.274 e. The van der Waals surface area contributed by atoms with Gasteiger partial charge in [0.1, 0.15) is 5.69 Å². The highest BCUT2D eigenvalue weighted by atomic mass is 19.2. The van der Waals surface area contributed by atoms with Gasteiger partial charge in [0.25, 0.3) is 11.8 Å². The Bertz CT molecular complexity index is 1160. The van der Waals surface area contributed by atoms with Crippen LogP contribution in [-0.2, 0) is 13.0 Å². The number of benzene rings is 1. The van der Waals surface area contributed by atoms with Crippen LogP contribution in [0.4, 0.5) is 13.2 Å². The maximum absolute atomic E-state index is 14.0. The monoisotopic (exact) mass is 421 g/mol. The van der Waals surface area contributed by atoms with Crippen LogP contribution in [0.25, 0.3) is 10.9 Å². The highest BCUT2D eigenvalue weighted by Crippen LogP contribution is 2.26. The fourth-order valence-electron chi connectivity index (χ4n) is 3.54. The number of halogens is 3. The van der Waals surface area contributed by atoms with Crippen molar-refractivity contribution in [2.24, 2.45) is 0 Å². The molecule has 4 rings (SSSR count). The minimum Gasteiger partial charge on any atom is -0.395 e. The first kappa shape index (κ1) is 20.0. The van der Waals surface area contributed by atoms with E-state index < -0.39 is 29.3 Å². The Morgan fingerprint density at radius 1 is 1.27 bits per heavy atom. The van der Waals surface area contributed by atoms with Gasteiger partial charge >= 0.3 is 0 Å². The van der Waals surface area contributed by atoms with Crippen LogP contribution in [0.15, 0.2) is 12.1 Å². The van der Waals surface area contributed by atoms with Gasteiger partial charge in [-0.2, -0.15) is 5.10 Å². The van der Waals surface area contributed by atoms with Gasteiger partial charge in [-0.05, 0) is 6.07 Å². The number of carbonyl (C=O) groups is 2. The first-order valence-electron chi connectivity index (χ1n) is 9.19. The molecule has 158 valence electrons. The molecule has 0 aliphatic carbocycles. The largest absolute Gasteiger partial charge is 0.395 e. The number of H-pyrrole nitrogens is 2. The number of nitrogens with one attached hydrogen (secondary N) is 2. The molecule has 0 atom stereocenters. The van der Waals surface area contributed by atoms with Gasteiger partial charge in [-0.25, -0.2) is 13.2 Å². The molecular weight excluding hydrogens is 403 g/mol. The molecule has 11 heteroatoms. The number of aromatic nitrogens is 3. The second-order valence-electron chi connectivity index (χ2n) is 7.09. The third-order valence-corrected chi connectivity index (χ3v) is 5.19. The van der Waals surface area contributed by atoms with Crippen LogP contribution in [0.3, 0.4) is 0 Å². The molecule has 0 fully saturated rings. The molecule has 8 nitrogen and oxygen atoms in total. The average Bonchev–Trinajstić information content (AvgIpc) is 3.35. The molecule has 1 aliphatic rings. The first-order chi connectivity index (χ1) is 14.3. The van der Waals surface area contributed by atoms with Gasteiger partial charge in [-0.15, -0.1) is 0 Å². The lowest BCUT2D eigenvalue weighted by Gasteiger charge is -2.27. The summed E-state index contributed by atoms with van der Waals surface area (Å²) in [5.41, 5.74) is 1.39. The summed E-state index contributed by atoms with van der Waals surface area (Å²) in [5, 5.41) is 15.7. The molecule has 3 N–H and O–H groups in total. The number of rotatable bonds is 4. The van der Waals surface area contributed by atoms with E-state index in [-0.39, 0.29) is 42.0 Å². The zero-order valence-electron chi connectivity index (χ0n) is 15.9. The number of aliphatic hydroxyl groups excluding tert-OH is 1. The summed E-state index contributed by atoms with van der Waals surface area (Å²) in [6.45, 7) is 0.336. The van der Waals surface area contributed by atoms with Gasteiger partial charge in [0.05, 0.1) is 18.7 Å². The van der Waals surface area contributed by atoms with Crippen molar-refractivity contribution in [3.8, 4) is 0 Å². The van der Waals surface area contributed by atoms with E-state index in [9.17, 15) is 22.8 Å². The number of carbonyl (C=O) groups excluding carboxylic acids is 2. The summed E-state index contributed by atoms with van der Waals surface area (Å²) in [4.78, 5) is 30.9. The summed E-state index contributed by atoms with van der Waals surface area (Å²) in [6.07, 6.45) is 0.420. The van der Waals surface area contributed by atoms with E-state index in [1.54, 1.807) is 0 Å². The highest BCUT2D eigenvalue weighted by Gasteiger charge is 2.30. The van der Waals surface area contributed by atoms with Gasteiger partial charge in [-0.3, -0.25) is 14.7 Å². The third-order valence-electron chi connectivity index (χ3n) is 5.19. The number of aromatic amines is 2. The van der Waals surface area contributed by atoms with Crippen LogP contribution in [0.2, 0.25) is 0 Å². The van der Waals surface area contributed by atoms with Crippen LogP contribution in [0.1, 0.15) is 32.2 Å². The number of hydrogen-bond acceptors (Lipinski definition) is 4. The minimum atomic E-state index is -1.60. The second-order valence-corrected chi connectivity index (χ2v) is 7.09. The molecule has 0 saturated carbocycles. The standard InChI is InChI=1S/C19H18F3N5O3/c1-26(4-5-28)19(30)17-10-8-27(3-2-12(10)24-25-17)18(29)14-6-9-13(23-14)7-11(20)16(22)15(9)21/h6-7,23,28H,2-5,8H2,1H3,(H,24,25). The molecule has 3 aromatic rings. The first-order valence-corrected chi connectivity index (χ1v) is 9.19. The highest BCUT2D eigenvalue weighted by molar-refractivity contribution is 5.99. The Morgan fingerprint density at radius 2 is 2.03 bits per heavy atom. The molecule has 1 aliphatic heterocycles. The molecule has 2 amide bonds. The maximum atomic E-state index is 14.0. The zero-order valence-corrected chi connectivity index (χ0v) is 15.9. The summed E-state index contributed by atoms with van der Waals surface area (Å²) < 4.78 is 40.9. The van der Waals surface area contributed by atoms with Crippen LogP contribution >= 0.6 is 0 Å². The number of likely N-dealkylation sites (N-methyl/N-ethyl adjacent to an activating group) is 1. The van der Waals surface area contributed by atoms with Crippen molar-refractivity contribution in [2.75, 3.05) is 26.7 Å². The third kappa shape index (κ3) is 3.20. The molecule has 0 bridgehead atoms. The topological polar surface area (TPSA) is 105 Å². The molecule has 1 aromatic carbocycles. The predicted molar refractivity (Wildman–Crippen MR) is 99.3 cm³/mol. The predicted octanol–water partition coefficient (Wildman–Crippen LogP) is 1.57. The SMILES string of the molecule is CN(CCO)C(=O)c1n[nH]c2c1CN(C(=O)c1cc3c(F)c(F)c(F)cc3[nH]1)CC2. The fraction of sp³-hybridized carbons (Fsp3) is 0.316. The molecule has 0 radical (unpaired) electrons. The minimum absolute atomic E-state index is 0.0221. The van der Waals surface area contributed by atoms with E-state index in [1.165, 1.54) is 16.8 Å². The Morgan fingerprint density at radius 3 is 2.77 bits per heavy atom. The molecule has 3 heterocycles. The van der Waals surface area contributed by atoms with Crippen LogP contribution in [0, 0.1) is 17.5 Å². The number of hydrogen-bond donors (Lipinski definition) is 3. The maximum Gasteiger partial charge on any atom is 0.274 e. The molecule has 0 unspecified atom stereocenters. The molecule has 0 saturated heterocycles. The van der Waals surface area contributed by atoms with Crippen molar-refractivity contribution in [2.45, 2.75) is 13.0 Å². The van der Waals surface area contributed by atoms with Gasteiger partial charge in [0.2, 0.25) is 0 Å². The van der Waals surface area contributed by atoms with Gasteiger partial charge in [0.15, 0.2) is 23.1 Å². The van der Waals surface area contributed by atoms with Crippen molar-refractivity contribution in [1.29, 1.82) is 0 Å². The van der Waals surface area contributed by atoms with Crippen molar-refractivity contribution in [3.63, 3.8) is 0 Å². The van der Waals surface area contributed by atoms with Crippen molar-refractivity contribution >= 4 is 22.7 Å².